The first-order valence-electron chi connectivity index (χ1n) is 10.9. The van der Waals surface area contributed by atoms with Crippen LogP contribution in [0.25, 0.3) is 0 Å². The average molecular weight is 533 g/mol. The largest absolute Gasteiger partial charge is 0.487 e. The van der Waals surface area contributed by atoms with Crippen molar-refractivity contribution in [3.8, 4) is 5.75 Å². The molecular weight excluding hydrogens is 513 g/mol. The number of hydrogen-bond donors (Lipinski definition) is 2. The Labute approximate surface area is 216 Å². The number of carbonyl (C=O) groups is 1. The summed E-state index contributed by atoms with van der Waals surface area (Å²) in [5, 5.41) is 19.8. The van der Waals surface area contributed by atoms with Crippen LogP contribution in [-0.2, 0) is 16.9 Å². The number of hydrogen-bond acceptors (Lipinski definition) is 5. The first kappa shape index (κ1) is 23.9. The molecule has 0 saturated carbocycles. The van der Waals surface area contributed by atoms with Crippen LogP contribution in [0.15, 0.2) is 60.7 Å². The van der Waals surface area contributed by atoms with E-state index in [1.165, 1.54) is 0 Å². The van der Waals surface area contributed by atoms with Gasteiger partial charge in [0, 0.05) is 37.8 Å². The molecule has 7 nitrogen and oxygen atoms in total. The van der Waals surface area contributed by atoms with Gasteiger partial charge >= 0.3 is 0 Å². The van der Waals surface area contributed by atoms with Gasteiger partial charge in [0.05, 0.1) is 10.9 Å². The molecular formula is C25H20Cl3N3O4. The zero-order chi connectivity index (χ0) is 24.9. The van der Waals surface area contributed by atoms with Crippen molar-refractivity contribution < 1.29 is 14.5 Å². The Kier molecular flexibility index (Phi) is 6.13. The van der Waals surface area contributed by atoms with Crippen molar-refractivity contribution in [2.45, 2.75) is 37.1 Å². The highest BCUT2D eigenvalue weighted by atomic mass is 35.5. The second kappa shape index (κ2) is 8.99. The third-order valence-electron chi connectivity index (χ3n) is 6.70. The number of fused-ring (bicyclic) bond motifs is 2. The zero-order valence-electron chi connectivity index (χ0n) is 18.4. The van der Waals surface area contributed by atoms with Crippen LogP contribution in [0.1, 0.15) is 29.5 Å². The maximum atomic E-state index is 13.1. The van der Waals surface area contributed by atoms with Crippen molar-refractivity contribution in [1.29, 1.82) is 0 Å². The Hall–Kier alpha value is -2.84. The molecule has 1 fully saturated rings. The highest BCUT2D eigenvalue weighted by molar-refractivity contribution is 6.35. The number of halogens is 3. The van der Waals surface area contributed by atoms with Crippen LogP contribution in [0.5, 0.6) is 5.75 Å². The van der Waals surface area contributed by atoms with E-state index in [1.54, 1.807) is 60.7 Å². The molecule has 10 heteroatoms. The maximum Gasteiger partial charge on any atom is 0.256 e. The van der Waals surface area contributed by atoms with Gasteiger partial charge in [0.15, 0.2) is 5.54 Å². The Morgan fingerprint density at radius 2 is 1.83 bits per heavy atom. The Balaban J connectivity index is 1.46. The number of nitrogens with one attached hydrogen (secondary N) is 2. The van der Waals surface area contributed by atoms with Crippen LogP contribution in [-0.4, -0.2) is 22.9 Å². The van der Waals surface area contributed by atoms with Crippen molar-refractivity contribution >= 4 is 46.4 Å². The molecule has 3 aromatic carbocycles. The topological polar surface area (TPSA) is 93.5 Å². The fourth-order valence-electron chi connectivity index (χ4n) is 5.19. The number of para-hydroxylation sites is 1. The van der Waals surface area contributed by atoms with Gasteiger partial charge in [0.1, 0.15) is 12.4 Å². The van der Waals surface area contributed by atoms with Gasteiger partial charge in [-0.05, 0) is 42.8 Å². The minimum Gasteiger partial charge on any atom is -0.487 e. The van der Waals surface area contributed by atoms with E-state index >= 15 is 0 Å². The van der Waals surface area contributed by atoms with E-state index in [0.29, 0.717) is 37.6 Å². The van der Waals surface area contributed by atoms with E-state index in [9.17, 15) is 14.9 Å². The Bertz CT molecular complexity index is 1350. The van der Waals surface area contributed by atoms with Gasteiger partial charge in [-0.15, -0.1) is 0 Å². The summed E-state index contributed by atoms with van der Waals surface area (Å²) in [6.07, 6.45) is 0. The maximum absolute atomic E-state index is 13.1. The Morgan fingerprint density at radius 3 is 2.54 bits per heavy atom. The number of benzene rings is 3. The van der Waals surface area contributed by atoms with Crippen LogP contribution < -0.4 is 15.4 Å². The van der Waals surface area contributed by atoms with Crippen LogP contribution >= 0.6 is 34.8 Å². The first-order valence-corrected chi connectivity index (χ1v) is 12.0. The molecule has 4 atom stereocenters. The number of nitro groups is 1. The molecule has 1 spiro atoms. The molecule has 3 aromatic rings. The molecule has 2 aliphatic heterocycles. The molecule has 2 N–H and O–H groups in total. The third-order valence-corrected chi connectivity index (χ3v) is 7.58. The minimum atomic E-state index is -1.48. The number of rotatable bonds is 5. The van der Waals surface area contributed by atoms with Crippen molar-refractivity contribution in [2.24, 2.45) is 0 Å². The molecule has 0 aliphatic carbocycles. The summed E-state index contributed by atoms with van der Waals surface area (Å²) < 4.78 is 5.85. The van der Waals surface area contributed by atoms with Crippen molar-refractivity contribution in [3.05, 3.63) is 103 Å². The number of amides is 1. The lowest BCUT2D eigenvalue weighted by Gasteiger charge is -2.25. The van der Waals surface area contributed by atoms with E-state index in [1.807, 2.05) is 6.92 Å². The van der Waals surface area contributed by atoms with Gasteiger partial charge in [0.2, 0.25) is 0 Å². The molecule has 2 aliphatic rings. The second-order valence-corrected chi connectivity index (χ2v) is 9.96. The van der Waals surface area contributed by atoms with Crippen molar-refractivity contribution in [2.75, 3.05) is 5.32 Å². The highest BCUT2D eigenvalue weighted by Crippen LogP contribution is 2.50. The monoisotopic (exact) mass is 531 g/mol. The molecule has 35 heavy (non-hydrogen) atoms. The van der Waals surface area contributed by atoms with Gasteiger partial charge in [-0.25, -0.2) is 0 Å². The van der Waals surface area contributed by atoms with Crippen LogP contribution in [0, 0.1) is 10.1 Å². The molecule has 2 heterocycles. The number of nitrogens with zero attached hydrogens (tertiary/aromatic N) is 1. The number of anilines is 1. The first-order chi connectivity index (χ1) is 16.7. The van der Waals surface area contributed by atoms with Gasteiger partial charge in [0.25, 0.3) is 11.9 Å². The molecule has 0 unspecified atom stereocenters. The quantitative estimate of drug-likeness (QED) is 0.320. The van der Waals surface area contributed by atoms with Crippen molar-refractivity contribution in [3.63, 3.8) is 0 Å². The predicted octanol–water partition coefficient (Wildman–Crippen LogP) is 5.79. The summed E-state index contributed by atoms with van der Waals surface area (Å²) in [6.45, 7) is 2.01. The van der Waals surface area contributed by atoms with E-state index < -0.39 is 23.4 Å². The van der Waals surface area contributed by atoms with E-state index in [-0.39, 0.29) is 17.6 Å². The molecule has 5 rings (SSSR count). The number of ether oxygens (including phenoxy) is 1. The normalized spacial score (nSPS) is 24.9. The lowest BCUT2D eigenvalue weighted by Crippen LogP contribution is -2.54. The SMILES string of the molecule is C[C@@H]1N[C@]2(C(=O)Nc3ccccc32)[C@@H]([N+](=O)[O-])[C@H]1c1ccc(OCc2ccc(Cl)cc2Cl)c(Cl)c1. The number of carbonyl (C=O) groups excluding carboxylic acids is 1. The summed E-state index contributed by atoms with van der Waals surface area (Å²) in [4.78, 5) is 25.2. The fourth-order valence-corrected chi connectivity index (χ4v) is 5.90. The fraction of sp³-hybridized carbons (Fsp3) is 0.240. The van der Waals surface area contributed by atoms with Gasteiger partial charge < -0.3 is 10.1 Å². The summed E-state index contributed by atoms with van der Waals surface area (Å²) >= 11 is 18.7. The van der Waals surface area contributed by atoms with Gasteiger partial charge in [-0.3, -0.25) is 20.2 Å². The zero-order valence-corrected chi connectivity index (χ0v) is 20.7. The smallest absolute Gasteiger partial charge is 0.256 e. The molecule has 0 radical (unpaired) electrons. The highest BCUT2D eigenvalue weighted by Gasteiger charge is 2.67. The van der Waals surface area contributed by atoms with E-state index in [0.717, 1.165) is 5.56 Å². The molecule has 1 saturated heterocycles. The second-order valence-electron chi connectivity index (χ2n) is 8.71. The molecule has 0 bridgehead atoms. The third kappa shape index (κ3) is 3.93. The summed E-state index contributed by atoms with van der Waals surface area (Å²) in [5.41, 5.74) is 1.06. The van der Waals surface area contributed by atoms with E-state index in [4.69, 9.17) is 39.5 Å². The Morgan fingerprint density at radius 1 is 1.06 bits per heavy atom. The van der Waals surface area contributed by atoms with Crippen molar-refractivity contribution in [1.82, 2.24) is 5.32 Å². The minimum absolute atomic E-state index is 0.175. The molecule has 0 aromatic heterocycles. The summed E-state index contributed by atoms with van der Waals surface area (Å²) in [5.74, 6) is -0.629. The lowest BCUT2D eigenvalue weighted by molar-refractivity contribution is -0.532. The van der Waals surface area contributed by atoms with E-state index in [2.05, 4.69) is 10.6 Å². The lowest BCUT2D eigenvalue weighted by atomic mass is 9.78. The van der Waals surface area contributed by atoms with Gasteiger partial charge in [-0.2, -0.15) is 0 Å². The molecule has 1 amide bonds. The van der Waals surface area contributed by atoms with Gasteiger partial charge in [-0.1, -0.05) is 65.1 Å². The summed E-state index contributed by atoms with van der Waals surface area (Å²) in [6, 6.07) is 15.6. The standard InChI is InChI=1S/C25H20Cl3N3O4/c1-13-22(23(31(33)34)25(30-13)17-4-2-3-5-20(17)29-24(25)32)14-7-9-21(19(28)10-14)35-12-15-6-8-16(26)11-18(15)27/h2-11,13,22-23,30H,12H2,1H3,(H,29,32)/t13-,22+,23-,25-/m0/s1. The average Bonchev–Trinajstić information content (AvgIpc) is 3.28. The van der Waals surface area contributed by atoms with Crippen LogP contribution in [0.2, 0.25) is 15.1 Å². The van der Waals surface area contributed by atoms with Crippen LogP contribution in [0.4, 0.5) is 5.69 Å². The molecule has 180 valence electrons. The predicted molar refractivity (Wildman–Crippen MR) is 135 cm³/mol. The summed E-state index contributed by atoms with van der Waals surface area (Å²) in [7, 11) is 0. The van der Waals surface area contributed by atoms with Crippen LogP contribution in [0.3, 0.4) is 0 Å².